The highest BCUT2D eigenvalue weighted by Gasteiger charge is 2.32. The number of hydrogen-bond donors (Lipinski definition) is 0. The second-order valence-corrected chi connectivity index (χ2v) is 9.15. The van der Waals surface area contributed by atoms with Crippen molar-refractivity contribution in [1.82, 2.24) is 4.90 Å². The van der Waals surface area contributed by atoms with Gasteiger partial charge in [0.1, 0.15) is 6.29 Å². The lowest BCUT2D eigenvalue weighted by molar-refractivity contribution is -0.112. The molecule has 0 spiro atoms. The van der Waals surface area contributed by atoms with Gasteiger partial charge in [-0.2, -0.15) is 0 Å². The SMILES string of the molecule is C=C1S/C(=C\C=C\C2CC3=C(CCCCC3)C2)C(=C)N1C(C=O)C(C)C. The van der Waals surface area contributed by atoms with Crippen molar-refractivity contribution in [1.29, 1.82) is 0 Å². The molecule has 0 bridgehead atoms. The predicted molar refractivity (Wildman–Crippen MR) is 112 cm³/mol. The van der Waals surface area contributed by atoms with Crippen molar-refractivity contribution >= 4 is 18.0 Å². The highest BCUT2D eigenvalue weighted by Crippen LogP contribution is 2.45. The molecule has 1 aliphatic heterocycles. The van der Waals surface area contributed by atoms with Gasteiger partial charge in [-0.05, 0) is 56.4 Å². The monoisotopic (exact) mass is 369 g/mol. The first-order chi connectivity index (χ1) is 12.5. The molecule has 0 amide bonds. The molecule has 3 rings (SSSR count). The number of thioether (sulfide) groups is 1. The van der Waals surface area contributed by atoms with Crippen LogP contribution < -0.4 is 0 Å². The molecule has 1 atom stereocenters. The van der Waals surface area contributed by atoms with Crippen molar-refractivity contribution < 1.29 is 4.79 Å². The maximum Gasteiger partial charge on any atom is 0.143 e. The number of allylic oxidation sites excluding steroid dienone is 5. The van der Waals surface area contributed by atoms with Crippen LogP contribution in [0.4, 0.5) is 0 Å². The van der Waals surface area contributed by atoms with Gasteiger partial charge in [0, 0.05) is 10.6 Å². The van der Waals surface area contributed by atoms with E-state index in [4.69, 9.17) is 0 Å². The zero-order chi connectivity index (χ0) is 18.7. The lowest BCUT2D eigenvalue weighted by atomic mass is 10.0. The van der Waals surface area contributed by atoms with Gasteiger partial charge in [-0.15, -0.1) is 0 Å². The molecular formula is C23H31NOS. The molecule has 1 unspecified atom stereocenters. The van der Waals surface area contributed by atoms with Crippen LogP contribution in [0.25, 0.3) is 0 Å². The highest BCUT2D eigenvalue weighted by atomic mass is 32.2. The van der Waals surface area contributed by atoms with Crippen LogP contribution in [-0.4, -0.2) is 17.2 Å². The number of carbonyl (C=O) groups excluding carboxylic acids is 1. The normalized spacial score (nSPS) is 24.9. The zero-order valence-corrected chi connectivity index (χ0v) is 17.0. The lowest BCUT2D eigenvalue weighted by Crippen LogP contribution is -2.35. The van der Waals surface area contributed by atoms with E-state index in [0.29, 0.717) is 5.92 Å². The Morgan fingerprint density at radius 1 is 1.12 bits per heavy atom. The van der Waals surface area contributed by atoms with E-state index in [9.17, 15) is 4.79 Å². The molecule has 0 aromatic carbocycles. The molecule has 2 aliphatic carbocycles. The molecule has 0 aromatic rings. The Balaban J connectivity index is 1.63. The van der Waals surface area contributed by atoms with E-state index in [1.165, 1.54) is 44.9 Å². The first kappa shape index (κ1) is 19.3. The quantitative estimate of drug-likeness (QED) is 0.416. The fraction of sp³-hybridized carbons (Fsp3) is 0.522. The molecule has 3 aliphatic rings. The van der Waals surface area contributed by atoms with E-state index >= 15 is 0 Å². The van der Waals surface area contributed by atoms with Crippen molar-refractivity contribution in [3.8, 4) is 0 Å². The van der Waals surface area contributed by atoms with Crippen LogP contribution in [0, 0.1) is 11.8 Å². The Kier molecular flexibility index (Phi) is 6.29. The molecule has 3 heteroatoms. The molecule has 140 valence electrons. The van der Waals surface area contributed by atoms with Gasteiger partial charge in [0.2, 0.25) is 0 Å². The summed E-state index contributed by atoms with van der Waals surface area (Å²) in [6.07, 6.45) is 17.0. The average molecular weight is 370 g/mol. The Hall–Kier alpha value is -1.48. The molecule has 1 saturated heterocycles. The van der Waals surface area contributed by atoms with Crippen molar-refractivity contribution in [2.75, 3.05) is 0 Å². The highest BCUT2D eigenvalue weighted by molar-refractivity contribution is 8.07. The first-order valence-electron chi connectivity index (χ1n) is 9.90. The molecule has 0 radical (unpaired) electrons. The number of nitrogens with zero attached hydrogens (tertiary/aromatic N) is 1. The summed E-state index contributed by atoms with van der Waals surface area (Å²) in [7, 11) is 0. The van der Waals surface area contributed by atoms with Gasteiger partial charge in [0.25, 0.3) is 0 Å². The maximum absolute atomic E-state index is 11.5. The smallest absolute Gasteiger partial charge is 0.143 e. The number of rotatable bonds is 5. The summed E-state index contributed by atoms with van der Waals surface area (Å²) in [5, 5.41) is 0.898. The van der Waals surface area contributed by atoms with Crippen LogP contribution in [0.1, 0.15) is 58.8 Å². The van der Waals surface area contributed by atoms with E-state index in [1.54, 1.807) is 22.9 Å². The molecule has 0 N–H and O–H groups in total. The van der Waals surface area contributed by atoms with Crippen molar-refractivity contribution in [2.24, 2.45) is 11.8 Å². The first-order valence-corrected chi connectivity index (χ1v) is 10.7. The van der Waals surface area contributed by atoms with Gasteiger partial charge in [-0.25, -0.2) is 0 Å². The predicted octanol–water partition coefficient (Wildman–Crippen LogP) is 6.35. The van der Waals surface area contributed by atoms with Crippen molar-refractivity contribution in [3.05, 3.63) is 58.2 Å². The standard InChI is InChI=1S/C23H31NOS/c1-16(2)22(15-25)24-17(3)23(26-18(24)4)12-8-9-19-13-20-10-6-5-7-11-21(20)14-19/h8-9,12,15-16,19,22H,3-7,10-11,13-14H2,1-2H3/b9-8+,23-12-. The Bertz CT molecular complexity index is 664. The van der Waals surface area contributed by atoms with Crippen LogP contribution >= 0.6 is 11.8 Å². The summed E-state index contributed by atoms with van der Waals surface area (Å²) in [5.74, 6) is 0.892. The lowest BCUT2D eigenvalue weighted by Gasteiger charge is -2.28. The third-order valence-electron chi connectivity index (χ3n) is 5.80. The van der Waals surface area contributed by atoms with Gasteiger partial charge < -0.3 is 9.69 Å². The molecule has 1 fully saturated rings. The summed E-state index contributed by atoms with van der Waals surface area (Å²) in [4.78, 5) is 14.6. The number of hydrogen-bond acceptors (Lipinski definition) is 3. The summed E-state index contributed by atoms with van der Waals surface area (Å²) >= 11 is 1.62. The minimum Gasteiger partial charge on any atom is -0.325 e. The van der Waals surface area contributed by atoms with Gasteiger partial charge in [0.15, 0.2) is 0 Å². The summed E-state index contributed by atoms with van der Waals surface area (Å²) in [6.45, 7) is 12.5. The van der Waals surface area contributed by atoms with E-state index in [0.717, 1.165) is 21.9 Å². The summed E-state index contributed by atoms with van der Waals surface area (Å²) < 4.78 is 0. The number of aldehydes is 1. The molecule has 0 saturated carbocycles. The largest absolute Gasteiger partial charge is 0.325 e. The fourth-order valence-corrected chi connectivity index (χ4v) is 5.28. The average Bonchev–Trinajstić information content (AvgIpc) is 3.01. The third kappa shape index (κ3) is 4.09. The van der Waals surface area contributed by atoms with E-state index < -0.39 is 0 Å². The molecule has 26 heavy (non-hydrogen) atoms. The van der Waals surface area contributed by atoms with E-state index in [1.807, 2.05) is 4.90 Å². The minimum absolute atomic E-state index is 0.188. The molecule has 1 heterocycles. The van der Waals surface area contributed by atoms with Crippen molar-refractivity contribution in [3.63, 3.8) is 0 Å². The van der Waals surface area contributed by atoms with Gasteiger partial charge in [-0.3, -0.25) is 0 Å². The topological polar surface area (TPSA) is 20.3 Å². The summed E-state index contributed by atoms with van der Waals surface area (Å²) in [6, 6.07) is -0.188. The second-order valence-electron chi connectivity index (χ2n) is 8.04. The molecule has 0 aromatic heterocycles. The van der Waals surface area contributed by atoms with Crippen LogP contribution in [0.5, 0.6) is 0 Å². The molecule has 2 nitrogen and oxygen atoms in total. The van der Waals surface area contributed by atoms with Crippen LogP contribution in [0.2, 0.25) is 0 Å². The van der Waals surface area contributed by atoms with E-state index in [2.05, 4.69) is 45.2 Å². The van der Waals surface area contributed by atoms with Gasteiger partial charge in [0.05, 0.1) is 11.1 Å². The Labute approximate surface area is 162 Å². The van der Waals surface area contributed by atoms with Crippen LogP contribution in [0.15, 0.2) is 58.2 Å². The van der Waals surface area contributed by atoms with Crippen LogP contribution in [-0.2, 0) is 4.79 Å². The number of carbonyl (C=O) groups is 1. The van der Waals surface area contributed by atoms with Gasteiger partial charge >= 0.3 is 0 Å². The maximum atomic E-state index is 11.5. The molecular weight excluding hydrogens is 338 g/mol. The van der Waals surface area contributed by atoms with Gasteiger partial charge in [-0.1, -0.05) is 68.5 Å². The fourth-order valence-electron chi connectivity index (χ4n) is 4.34. The third-order valence-corrected chi connectivity index (χ3v) is 6.82. The van der Waals surface area contributed by atoms with Crippen LogP contribution in [0.3, 0.4) is 0 Å². The Morgan fingerprint density at radius 3 is 2.35 bits per heavy atom. The second kappa shape index (κ2) is 8.47. The Morgan fingerprint density at radius 2 is 1.77 bits per heavy atom. The zero-order valence-electron chi connectivity index (χ0n) is 16.2. The van der Waals surface area contributed by atoms with Crippen molar-refractivity contribution in [2.45, 2.75) is 64.8 Å². The van der Waals surface area contributed by atoms with E-state index in [-0.39, 0.29) is 12.0 Å². The summed E-state index contributed by atoms with van der Waals surface area (Å²) in [5.41, 5.74) is 4.39. The minimum atomic E-state index is -0.188.